The zero-order chi connectivity index (χ0) is 25.0. The number of rotatable bonds is 13. The largest absolute Gasteiger partial charge is 0.374 e. The number of alkyl halides is 1. The molecule has 1 fully saturated rings. The molecule has 1 heterocycles. The van der Waals surface area contributed by atoms with Crippen molar-refractivity contribution in [2.24, 2.45) is 0 Å². The monoisotopic (exact) mass is 508 g/mol. The van der Waals surface area contributed by atoms with Gasteiger partial charge in [0, 0.05) is 0 Å². The number of ether oxygens (including phenoxy) is 5. The Morgan fingerprint density at radius 1 is 0.694 bits per heavy atom. The second-order valence-electron chi connectivity index (χ2n) is 8.63. The lowest BCUT2D eigenvalue weighted by Gasteiger charge is -2.44. The van der Waals surface area contributed by atoms with Gasteiger partial charge in [-0.05, 0) is 16.7 Å². The summed E-state index contributed by atoms with van der Waals surface area (Å²) in [4.78, 5) is 0. The van der Waals surface area contributed by atoms with Crippen molar-refractivity contribution < 1.29 is 23.7 Å². The van der Waals surface area contributed by atoms with Crippen LogP contribution >= 0.6 is 11.6 Å². The zero-order valence-corrected chi connectivity index (χ0v) is 21.0. The van der Waals surface area contributed by atoms with Gasteiger partial charge in [-0.1, -0.05) is 97.1 Å². The van der Waals surface area contributed by atoms with Gasteiger partial charge in [0.15, 0.2) is 6.29 Å². The van der Waals surface area contributed by atoms with Gasteiger partial charge in [-0.3, -0.25) is 0 Å². The Labute approximate surface area is 218 Å². The van der Waals surface area contributed by atoms with Crippen molar-refractivity contribution in [2.45, 2.75) is 49.8 Å². The van der Waals surface area contributed by atoms with Crippen LogP contribution in [0.15, 0.2) is 104 Å². The van der Waals surface area contributed by atoms with Gasteiger partial charge >= 0.3 is 0 Å². The van der Waals surface area contributed by atoms with E-state index in [1.54, 1.807) is 6.08 Å². The molecule has 3 aromatic rings. The third-order valence-corrected chi connectivity index (χ3v) is 6.44. The molecule has 0 spiro atoms. The summed E-state index contributed by atoms with van der Waals surface area (Å²) in [5.74, 6) is 0. The molecule has 0 saturated carbocycles. The van der Waals surface area contributed by atoms with Gasteiger partial charge in [-0.2, -0.15) is 0 Å². The molecule has 0 radical (unpaired) electrons. The van der Waals surface area contributed by atoms with Crippen molar-refractivity contribution in [3.05, 3.63) is 120 Å². The SMILES string of the molecule is C=CCO[C@H]1O[C@H](COCc2ccccc2)[C@H](Cl)[C@H](OCc2ccccc2)[C@H]1OCc1ccccc1. The highest BCUT2D eigenvalue weighted by molar-refractivity contribution is 6.21. The van der Waals surface area contributed by atoms with Crippen molar-refractivity contribution in [1.29, 1.82) is 0 Å². The van der Waals surface area contributed by atoms with Crippen LogP contribution < -0.4 is 0 Å². The first-order chi connectivity index (χ1) is 17.7. The van der Waals surface area contributed by atoms with E-state index in [0.29, 0.717) is 33.0 Å². The van der Waals surface area contributed by atoms with E-state index in [0.717, 1.165) is 16.7 Å². The van der Waals surface area contributed by atoms with Crippen LogP contribution in [0, 0.1) is 0 Å². The lowest BCUT2D eigenvalue weighted by Crippen LogP contribution is -2.59. The van der Waals surface area contributed by atoms with Gasteiger partial charge in [0.25, 0.3) is 0 Å². The Morgan fingerprint density at radius 2 is 1.19 bits per heavy atom. The molecule has 36 heavy (non-hydrogen) atoms. The zero-order valence-electron chi connectivity index (χ0n) is 20.3. The highest BCUT2D eigenvalue weighted by Crippen LogP contribution is 2.32. The molecule has 0 amide bonds. The van der Waals surface area contributed by atoms with Crippen LogP contribution in [0.1, 0.15) is 16.7 Å². The van der Waals surface area contributed by atoms with Gasteiger partial charge < -0.3 is 23.7 Å². The normalized spacial score (nSPS) is 23.9. The van der Waals surface area contributed by atoms with Crippen molar-refractivity contribution in [2.75, 3.05) is 13.2 Å². The molecule has 0 aliphatic carbocycles. The van der Waals surface area contributed by atoms with E-state index in [2.05, 4.69) is 6.58 Å². The lowest BCUT2D eigenvalue weighted by molar-refractivity contribution is -0.288. The van der Waals surface area contributed by atoms with Crippen LogP contribution in [0.3, 0.4) is 0 Å². The molecule has 5 atom stereocenters. The first kappa shape index (κ1) is 26.6. The molecule has 5 nitrogen and oxygen atoms in total. The summed E-state index contributed by atoms with van der Waals surface area (Å²) in [6, 6.07) is 30.0. The summed E-state index contributed by atoms with van der Waals surface area (Å²) in [5, 5.41) is -0.506. The molecule has 1 aliphatic heterocycles. The van der Waals surface area contributed by atoms with Gasteiger partial charge in [0.05, 0.1) is 38.4 Å². The third-order valence-electron chi connectivity index (χ3n) is 5.91. The molecule has 6 heteroatoms. The lowest BCUT2D eigenvalue weighted by atomic mass is 10.0. The van der Waals surface area contributed by atoms with Crippen molar-refractivity contribution in [3.8, 4) is 0 Å². The quantitative estimate of drug-likeness (QED) is 0.212. The summed E-state index contributed by atoms with van der Waals surface area (Å²) in [7, 11) is 0. The molecule has 190 valence electrons. The fourth-order valence-electron chi connectivity index (χ4n) is 4.06. The Morgan fingerprint density at radius 3 is 1.72 bits per heavy atom. The Hall–Kier alpha value is -2.51. The molecule has 1 saturated heterocycles. The molecule has 4 rings (SSSR count). The minimum atomic E-state index is -0.687. The Bertz CT molecular complexity index is 1020. The fraction of sp³-hybridized carbons (Fsp3) is 0.333. The number of benzene rings is 3. The van der Waals surface area contributed by atoms with Crippen LogP contribution in [0.25, 0.3) is 0 Å². The molecule has 0 aromatic heterocycles. The second-order valence-corrected chi connectivity index (χ2v) is 9.14. The van der Waals surface area contributed by atoms with Gasteiger partial charge in [-0.15, -0.1) is 18.2 Å². The van der Waals surface area contributed by atoms with Crippen LogP contribution in [0.5, 0.6) is 0 Å². The molecule has 1 aliphatic rings. The summed E-state index contributed by atoms with van der Waals surface area (Å²) < 4.78 is 31.0. The molecule has 0 N–H and O–H groups in total. The summed E-state index contributed by atoms with van der Waals surface area (Å²) in [5.41, 5.74) is 3.18. The summed E-state index contributed by atoms with van der Waals surface area (Å²) in [6.07, 6.45) is -0.466. The standard InChI is InChI=1S/C30H33ClO5/c1-2-18-33-30-29(35-21-25-16-10-5-11-17-25)28(34-20-24-14-8-4-9-15-24)27(31)26(36-30)22-32-19-23-12-6-3-7-13-23/h2-17,26-30H,1,18-22H2/t26-,27+,28+,29-,30+/m1/s1. The van der Waals surface area contributed by atoms with Gasteiger partial charge in [0.1, 0.15) is 18.3 Å². The van der Waals surface area contributed by atoms with E-state index in [4.69, 9.17) is 35.3 Å². The van der Waals surface area contributed by atoms with Crippen molar-refractivity contribution >= 4 is 11.6 Å². The maximum absolute atomic E-state index is 6.99. The van der Waals surface area contributed by atoms with Crippen LogP contribution in [0.2, 0.25) is 0 Å². The highest BCUT2D eigenvalue weighted by Gasteiger charge is 2.47. The van der Waals surface area contributed by atoms with E-state index < -0.39 is 30.0 Å². The maximum atomic E-state index is 6.99. The average molecular weight is 509 g/mol. The first-order valence-electron chi connectivity index (χ1n) is 12.2. The molecular formula is C30H33ClO5. The average Bonchev–Trinajstić information content (AvgIpc) is 2.93. The van der Waals surface area contributed by atoms with E-state index in [1.165, 1.54) is 0 Å². The van der Waals surface area contributed by atoms with E-state index in [-0.39, 0.29) is 0 Å². The smallest absolute Gasteiger partial charge is 0.187 e. The van der Waals surface area contributed by atoms with Crippen LogP contribution in [-0.4, -0.2) is 43.2 Å². The molecule has 0 unspecified atom stereocenters. The fourth-order valence-corrected chi connectivity index (χ4v) is 4.41. The van der Waals surface area contributed by atoms with Crippen LogP contribution in [0.4, 0.5) is 0 Å². The minimum Gasteiger partial charge on any atom is -0.374 e. The molecular weight excluding hydrogens is 476 g/mol. The van der Waals surface area contributed by atoms with E-state index in [1.807, 2.05) is 91.0 Å². The summed E-state index contributed by atoms with van der Waals surface area (Å²) >= 11 is 6.99. The predicted octanol–water partition coefficient (Wildman–Crippen LogP) is 5.91. The predicted molar refractivity (Wildman–Crippen MR) is 141 cm³/mol. The van der Waals surface area contributed by atoms with Crippen molar-refractivity contribution in [1.82, 2.24) is 0 Å². The Balaban J connectivity index is 1.48. The summed E-state index contributed by atoms with van der Waals surface area (Å²) in [6.45, 7) is 5.62. The molecule has 0 bridgehead atoms. The topological polar surface area (TPSA) is 46.2 Å². The van der Waals surface area contributed by atoms with Gasteiger partial charge in [-0.25, -0.2) is 0 Å². The number of hydrogen-bond donors (Lipinski definition) is 0. The number of hydrogen-bond acceptors (Lipinski definition) is 5. The van der Waals surface area contributed by atoms with E-state index in [9.17, 15) is 0 Å². The Kier molecular flexibility index (Phi) is 10.5. The second kappa shape index (κ2) is 14.3. The van der Waals surface area contributed by atoms with Gasteiger partial charge in [0.2, 0.25) is 0 Å². The minimum absolute atomic E-state index is 0.299. The number of halogens is 1. The maximum Gasteiger partial charge on any atom is 0.187 e. The van der Waals surface area contributed by atoms with Crippen LogP contribution in [-0.2, 0) is 43.5 Å². The third kappa shape index (κ3) is 7.74. The molecule has 3 aromatic carbocycles. The first-order valence-corrected chi connectivity index (χ1v) is 12.6. The van der Waals surface area contributed by atoms with Crippen molar-refractivity contribution in [3.63, 3.8) is 0 Å². The highest BCUT2D eigenvalue weighted by atomic mass is 35.5. The van der Waals surface area contributed by atoms with E-state index >= 15 is 0 Å².